The first-order valence-electron chi connectivity index (χ1n) is 8.41. The van der Waals surface area contributed by atoms with Crippen LogP contribution >= 0.6 is 0 Å². The fraction of sp³-hybridized carbons (Fsp3) is 0.316. The van der Waals surface area contributed by atoms with Gasteiger partial charge in [0, 0.05) is 32.7 Å². The van der Waals surface area contributed by atoms with E-state index in [0.29, 0.717) is 30.0 Å². The lowest BCUT2D eigenvalue weighted by Gasteiger charge is -2.11. The number of nitrogens with one attached hydrogen (secondary N) is 2. The number of benzene rings is 1. The second-order valence-corrected chi connectivity index (χ2v) is 5.46. The molecule has 2 rings (SSSR count). The highest BCUT2D eigenvalue weighted by Gasteiger charge is 2.15. The zero-order chi connectivity index (χ0) is 18.8. The van der Waals surface area contributed by atoms with E-state index in [1.54, 1.807) is 50.6 Å². The molecular formula is C19H23N3O4. The Bertz CT molecular complexity index is 749. The van der Waals surface area contributed by atoms with Gasteiger partial charge in [-0.15, -0.1) is 0 Å². The molecule has 0 aliphatic heterocycles. The van der Waals surface area contributed by atoms with E-state index in [4.69, 9.17) is 9.47 Å². The van der Waals surface area contributed by atoms with Gasteiger partial charge in [0.05, 0.1) is 29.1 Å². The minimum absolute atomic E-state index is 0.266. The Morgan fingerprint density at radius 2 is 2.00 bits per heavy atom. The molecule has 2 aromatic rings. The largest absolute Gasteiger partial charge is 0.462 e. The fourth-order valence-electron chi connectivity index (χ4n) is 2.28. The van der Waals surface area contributed by atoms with Crippen molar-refractivity contribution in [2.45, 2.75) is 13.3 Å². The van der Waals surface area contributed by atoms with Gasteiger partial charge in [-0.2, -0.15) is 0 Å². The highest BCUT2D eigenvalue weighted by Crippen LogP contribution is 2.18. The molecule has 1 aromatic heterocycles. The maximum atomic E-state index is 12.5. The Hall–Kier alpha value is -2.93. The molecule has 138 valence electrons. The van der Waals surface area contributed by atoms with E-state index in [1.165, 1.54) is 6.20 Å². The van der Waals surface area contributed by atoms with Crippen LogP contribution in [0.1, 0.15) is 34.1 Å². The van der Waals surface area contributed by atoms with Gasteiger partial charge in [-0.1, -0.05) is 12.1 Å². The Kier molecular flexibility index (Phi) is 7.57. The Morgan fingerprint density at radius 1 is 1.19 bits per heavy atom. The quantitative estimate of drug-likeness (QED) is 0.530. The van der Waals surface area contributed by atoms with Crippen molar-refractivity contribution in [2.24, 2.45) is 0 Å². The summed E-state index contributed by atoms with van der Waals surface area (Å²) >= 11 is 0. The molecule has 26 heavy (non-hydrogen) atoms. The zero-order valence-corrected chi connectivity index (χ0v) is 15.0. The first-order valence-corrected chi connectivity index (χ1v) is 8.41. The van der Waals surface area contributed by atoms with Gasteiger partial charge in [0.25, 0.3) is 5.91 Å². The number of esters is 1. The number of carbonyl (C=O) groups excluding carboxylic acids is 2. The van der Waals surface area contributed by atoms with E-state index >= 15 is 0 Å². The van der Waals surface area contributed by atoms with Crippen molar-refractivity contribution in [3.05, 3.63) is 53.9 Å². The number of methoxy groups -OCH3 is 1. The molecule has 0 bridgehead atoms. The summed E-state index contributed by atoms with van der Waals surface area (Å²) < 4.78 is 10.0. The molecule has 0 fully saturated rings. The van der Waals surface area contributed by atoms with Crippen LogP contribution in [0.2, 0.25) is 0 Å². The minimum Gasteiger partial charge on any atom is -0.462 e. The van der Waals surface area contributed by atoms with Crippen molar-refractivity contribution in [2.75, 3.05) is 37.5 Å². The Balaban J connectivity index is 2.07. The minimum atomic E-state index is -0.477. The van der Waals surface area contributed by atoms with Crippen molar-refractivity contribution < 1.29 is 19.1 Å². The summed E-state index contributed by atoms with van der Waals surface area (Å²) in [6.45, 7) is 3.37. The number of ether oxygens (including phenoxy) is 2. The van der Waals surface area contributed by atoms with Gasteiger partial charge < -0.3 is 20.1 Å². The van der Waals surface area contributed by atoms with Gasteiger partial charge in [-0.3, -0.25) is 9.78 Å². The van der Waals surface area contributed by atoms with Crippen molar-refractivity contribution in [1.82, 2.24) is 4.98 Å². The number of anilines is 2. The van der Waals surface area contributed by atoms with Crippen molar-refractivity contribution in [1.29, 1.82) is 0 Å². The molecule has 0 atom stereocenters. The number of hydrogen-bond acceptors (Lipinski definition) is 6. The highest BCUT2D eigenvalue weighted by molar-refractivity contribution is 6.08. The van der Waals surface area contributed by atoms with E-state index in [2.05, 4.69) is 15.6 Å². The molecule has 7 heteroatoms. The number of rotatable bonds is 9. The van der Waals surface area contributed by atoms with Crippen LogP contribution in [0.25, 0.3) is 0 Å². The molecule has 0 saturated heterocycles. The molecule has 1 heterocycles. The first-order chi connectivity index (χ1) is 12.7. The summed E-state index contributed by atoms with van der Waals surface area (Å²) in [7, 11) is 1.65. The number of carbonyl (C=O) groups is 2. The maximum absolute atomic E-state index is 12.5. The van der Waals surface area contributed by atoms with Gasteiger partial charge in [-0.25, -0.2) is 4.79 Å². The predicted molar refractivity (Wildman–Crippen MR) is 99.6 cm³/mol. The molecule has 1 amide bonds. The smallest absolute Gasteiger partial charge is 0.340 e. The lowest BCUT2D eigenvalue weighted by atomic mass is 10.1. The summed E-state index contributed by atoms with van der Waals surface area (Å²) in [5.41, 5.74) is 1.84. The Morgan fingerprint density at radius 3 is 2.77 bits per heavy atom. The van der Waals surface area contributed by atoms with E-state index in [-0.39, 0.29) is 12.5 Å². The van der Waals surface area contributed by atoms with Gasteiger partial charge in [0.2, 0.25) is 0 Å². The van der Waals surface area contributed by atoms with Gasteiger partial charge in [0.1, 0.15) is 0 Å². The number of para-hydroxylation sites is 1. The molecule has 0 spiro atoms. The molecular weight excluding hydrogens is 334 g/mol. The molecule has 0 radical (unpaired) electrons. The zero-order valence-electron chi connectivity index (χ0n) is 15.0. The van der Waals surface area contributed by atoms with Crippen molar-refractivity contribution in [3.8, 4) is 0 Å². The van der Waals surface area contributed by atoms with Crippen LogP contribution in [0.15, 0.2) is 42.7 Å². The highest BCUT2D eigenvalue weighted by atomic mass is 16.5. The number of amides is 1. The van der Waals surface area contributed by atoms with Gasteiger partial charge in [0.15, 0.2) is 0 Å². The summed E-state index contributed by atoms with van der Waals surface area (Å²) in [6.07, 6.45) is 3.97. The van der Waals surface area contributed by atoms with E-state index in [1.807, 2.05) is 0 Å². The Labute approximate surface area is 152 Å². The first kappa shape index (κ1) is 19.4. The maximum Gasteiger partial charge on any atom is 0.340 e. The van der Waals surface area contributed by atoms with Crippen LogP contribution in [0.5, 0.6) is 0 Å². The average Bonchev–Trinajstić information content (AvgIpc) is 2.66. The number of pyridine rings is 1. The van der Waals surface area contributed by atoms with Crippen LogP contribution in [0, 0.1) is 0 Å². The second-order valence-electron chi connectivity index (χ2n) is 5.46. The summed E-state index contributed by atoms with van der Waals surface area (Å²) in [4.78, 5) is 28.6. The van der Waals surface area contributed by atoms with Crippen LogP contribution in [0.4, 0.5) is 11.4 Å². The summed E-state index contributed by atoms with van der Waals surface area (Å²) in [5.74, 6) is -0.829. The average molecular weight is 357 g/mol. The number of hydrogen-bond donors (Lipinski definition) is 2. The molecule has 1 aromatic carbocycles. The predicted octanol–water partition coefficient (Wildman–Crippen LogP) is 2.96. The normalized spacial score (nSPS) is 10.2. The van der Waals surface area contributed by atoms with E-state index in [0.717, 1.165) is 12.1 Å². The lowest BCUT2D eigenvalue weighted by Crippen LogP contribution is -2.16. The molecule has 0 saturated carbocycles. The van der Waals surface area contributed by atoms with Crippen molar-refractivity contribution >= 4 is 23.3 Å². The van der Waals surface area contributed by atoms with Crippen LogP contribution in [-0.2, 0) is 9.47 Å². The molecule has 2 N–H and O–H groups in total. The lowest BCUT2D eigenvalue weighted by molar-refractivity contribution is 0.0527. The summed E-state index contributed by atoms with van der Waals surface area (Å²) in [6, 6.07) is 8.44. The van der Waals surface area contributed by atoms with Crippen LogP contribution in [0.3, 0.4) is 0 Å². The van der Waals surface area contributed by atoms with Gasteiger partial charge in [-0.05, 0) is 31.5 Å². The number of aromatic nitrogens is 1. The summed E-state index contributed by atoms with van der Waals surface area (Å²) in [5, 5.41) is 5.93. The second kappa shape index (κ2) is 10.1. The van der Waals surface area contributed by atoms with Crippen LogP contribution in [-0.4, -0.2) is 43.7 Å². The number of nitrogens with zero attached hydrogens (tertiary/aromatic N) is 1. The molecule has 0 aliphatic carbocycles. The molecule has 0 unspecified atom stereocenters. The third-order valence-corrected chi connectivity index (χ3v) is 3.53. The van der Waals surface area contributed by atoms with E-state index < -0.39 is 5.97 Å². The fourth-order valence-corrected chi connectivity index (χ4v) is 2.28. The van der Waals surface area contributed by atoms with Gasteiger partial charge >= 0.3 is 5.97 Å². The molecule has 0 aliphatic rings. The van der Waals surface area contributed by atoms with Crippen molar-refractivity contribution in [3.63, 3.8) is 0 Å². The monoisotopic (exact) mass is 357 g/mol. The SMILES string of the molecule is CCOC(=O)c1ccccc1NC(=O)c1cncc(NCCCOC)c1. The third kappa shape index (κ3) is 5.56. The topological polar surface area (TPSA) is 89.5 Å². The van der Waals surface area contributed by atoms with Crippen LogP contribution < -0.4 is 10.6 Å². The molecule has 7 nitrogen and oxygen atoms in total. The van der Waals surface area contributed by atoms with E-state index in [9.17, 15) is 9.59 Å². The third-order valence-electron chi connectivity index (χ3n) is 3.53. The standard InChI is InChI=1S/C19H23N3O4/c1-3-26-19(24)16-7-4-5-8-17(16)22-18(23)14-11-15(13-20-12-14)21-9-6-10-25-2/h4-5,7-8,11-13,21H,3,6,9-10H2,1-2H3,(H,22,23).